The Morgan fingerprint density at radius 1 is 1.58 bits per heavy atom. The van der Waals surface area contributed by atoms with Crippen molar-refractivity contribution in [2.24, 2.45) is 7.05 Å². The summed E-state index contributed by atoms with van der Waals surface area (Å²) in [5, 5.41) is 4.04. The summed E-state index contributed by atoms with van der Waals surface area (Å²) in [4.78, 5) is 11.0. The van der Waals surface area contributed by atoms with Gasteiger partial charge in [0.05, 0.1) is 19.2 Å². The van der Waals surface area contributed by atoms with E-state index in [1.807, 2.05) is 0 Å². The summed E-state index contributed by atoms with van der Waals surface area (Å²) in [5.74, 6) is -0.0964. The highest BCUT2D eigenvalue weighted by atomic mass is 32.2. The Morgan fingerprint density at radius 3 is 2.68 bits per heavy atom. The van der Waals surface area contributed by atoms with Crippen LogP contribution in [-0.2, 0) is 26.8 Å². The van der Waals surface area contributed by atoms with Gasteiger partial charge in [0, 0.05) is 26.7 Å². The predicted octanol–water partition coefficient (Wildman–Crippen LogP) is -0.120. The summed E-state index contributed by atoms with van der Waals surface area (Å²) < 4.78 is 33.3. The first-order valence-electron chi connectivity index (χ1n) is 5.58. The van der Waals surface area contributed by atoms with Crippen LogP contribution in [0.3, 0.4) is 0 Å². The average Bonchev–Trinajstić information content (AvgIpc) is 2.63. The van der Waals surface area contributed by atoms with Crippen molar-refractivity contribution in [3.8, 4) is 0 Å². The SMILES string of the molecule is COC(=O)CCN(C)S(=O)(=O)Nc1cc(C)nn1C. The average molecular weight is 290 g/mol. The topological polar surface area (TPSA) is 93.5 Å². The Kier molecular flexibility index (Phi) is 4.90. The third-order valence-electron chi connectivity index (χ3n) is 2.50. The number of rotatable bonds is 6. The smallest absolute Gasteiger partial charge is 0.306 e. The van der Waals surface area contributed by atoms with Gasteiger partial charge in [0.15, 0.2) is 0 Å². The first-order valence-corrected chi connectivity index (χ1v) is 7.02. The number of hydrogen-bond acceptors (Lipinski definition) is 5. The Morgan fingerprint density at radius 2 is 2.21 bits per heavy atom. The first kappa shape index (κ1) is 15.4. The zero-order valence-corrected chi connectivity index (χ0v) is 12.2. The van der Waals surface area contributed by atoms with E-state index in [2.05, 4.69) is 14.6 Å². The number of aryl methyl sites for hydroxylation is 2. The van der Waals surface area contributed by atoms with Gasteiger partial charge in [-0.25, -0.2) is 0 Å². The Hall–Kier alpha value is -1.61. The maximum absolute atomic E-state index is 12.0. The monoisotopic (exact) mass is 290 g/mol. The predicted molar refractivity (Wildman–Crippen MR) is 69.8 cm³/mol. The van der Waals surface area contributed by atoms with Gasteiger partial charge in [-0.2, -0.15) is 17.8 Å². The second-order valence-electron chi connectivity index (χ2n) is 4.05. The molecule has 0 unspecified atom stereocenters. The molecule has 0 saturated carbocycles. The van der Waals surface area contributed by atoms with E-state index in [1.54, 1.807) is 20.0 Å². The van der Waals surface area contributed by atoms with Crippen molar-refractivity contribution in [1.82, 2.24) is 14.1 Å². The fourth-order valence-electron chi connectivity index (χ4n) is 1.39. The van der Waals surface area contributed by atoms with Crippen molar-refractivity contribution < 1.29 is 17.9 Å². The van der Waals surface area contributed by atoms with Crippen LogP contribution in [0.15, 0.2) is 6.07 Å². The lowest BCUT2D eigenvalue weighted by Gasteiger charge is -2.17. The van der Waals surface area contributed by atoms with Gasteiger partial charge in [-0.15, -0.1) is 0 Å². The minimum Gasteiger partial charge on any atom is -0.469 e. The molecule has 108 valence electrons. The number of esters is 1. The van der Waals surface area contributed by atoms with Crippen molar-refractivity contribution in [1.29, 1.82) is 0 Å². The molecule has 1 aromatic heterocycles. The van der Waals surface area contributed by atoms with Crippen molar-refractivity contribution in [3.63, 3.8) is 0 Å². The van der Waals surface area contributed by atoms with E-state index in [0.29, 0.717) is 11.5 Å². The maximum Gasteiger partial charge on any atom is 0.306 e. The Bertz CT molecular complexity index is 552. The molecule has 0 saturated heterocycles. The molecule has 0 bridgehead atoms. The largest absolute Gasteiger partial charge is 0.469 e. The molecule has 0 aliphatic carbocycles. The number of carbonyl (C=O) groups is 1. The molecule has 0 aliphatic rings. The number of carbonyl (C=O) groups excluding carboxylic acids is 1. The molecule has 0 spiro atoms. The van der Waals surface area contributed by atoms with Crippen molar-refractivity contribution in [2.45, 2.75) is 13.3 Å². The highest BCUT2D eigenvalue weighted by Gasteiger charge is 2.20. The number of hydrogen-bond donors (Lipinski definition) is 1. The molecule has 1 rings (SSSR count). The normalized spacial score (nSPS) is 11.6. The van der Waals surface area contributed by atoms with Crippen LogP contribution in [0.1, 0.15) is 12.1 Å². The quantitative estimate of drug-likeness (QED) is 0.737. The fourth-order valence-corrected chi connectivity index (χ4v) is 2.33. The van der Waals surface area contributed by atoms with E-state index < -0.39 is 16.2 Å². The van der Waals surface area contributed by atoms with E-state index in [-0.39, 0.29) is 13.0 Å². The zero-order chi connectivity index (χ0) is 14.6. The number of nitrogens with zero attached hydrogens (tertiary/aromatic N) is 3. The molecule has 0 radical (unpaired) electrons. The molecule has 19 heavy (non-hydrogen) atoms. The number of anilines is 1. The number of nitrogens with one attached hydrogen (secondary N) is 1. The van der Waals surface area contributed by atoms with Crippen LogP contribution >= 0.6 is 0 Å². The number of ether oxygens (including phenoxy) is 1. The second kappa shape index (κ2) is 6.02. The minimum atomic E-state index is -3.71. The van der Waals surface area contributed by atoms with Gasteiger partial charge in [0.1, 0.15) is 5.82 Å². The first-order chi connectivity index (χ1) is 8.76. The Balaban J connectivity index is 2.70. The molecule has 1 heterocycles. The third kappa shape index (κ3) is 4.21. The molecular formula is C10H18N4O4S. The summed E-state index contributed by atoms with van der Waals surface area (Å²) in [7, 11) is 0.567. The minimum absolute atomic E-state index is 0.00166. The molecule has 0 aliphatic heterocycles. The maximum atomic E-state index is 12.0. The molecule has 0 amide bonds. The van der Waals surface area contributed by atoms with Crippen LogP contribution in [-0.4, -0.2) is 49.2 Å². The van der Waals surface area contributed by atoms with E-state index in [4.69, 9.17) is 0 Å². The van der Waals surface area contributed by atoms with E-state index in [1.165, 1.54) is 18.8 Å². The molecular weight excluding hydrogens is 272 g/mol. The Labute approximate surface area is 112 Å². The van der Waals surface area contributed by atoms with Crippen LogP contribution in [0.2, 0.25) is 0 Å². The molecule has 1 N–H and O–H groups in total. The van der Waals surface area contributed by atoms with Gasteiger partial charge in [0.25, 0.3) is 0 Å². The van der Waals surface area contributed by atoms with Gasteiger partial charge in [-0.1, -0.05) is 0 Å². The standard InChI is InChI=1S/C10H18N4O4S/c1-8-7-9(14(3)11-8)12-19(16,17)13(2)6-5-10(15)18-4/h7,12H,5-6H2,1-4H3. The highest BCUT2D eigenvalue weighted by molar-refractivity contribution is 7.90. The molecule has 0 atom stereocenters. The lowest BCUT2D eigenvalue weighted by atomic mass is 10.4. The lowest BCUT2D eigenvalue weighted by molar-refractivity contribution is -0.140. The molecule has 0 aromatic carbocycles. The van der Waals surface area contributed by atoms with Gasteiger partial charge >= 0.3 is 16.2 Å². The van der Waals surface area contributed by atoms with Gasteiger partial charge in [-0.3, -0.25) is 14.2 Å². The molecule has 9 heteroatoms. The number of methoxy groups -OCH3 is 1. The highest BCUT2D eigenvalue weighted by Crippen LogP contribution is 2.11. The van der Waals surface area contributed by atoms with Crippen molar-refractivity contribution in [2.75, 3.05) is 25.4 Å². The fraction of sp³-hybridized carbons (Fsp3) is 0.600. The van der Waals surface area contributed by atoms with E-state index in [9.17, 15) is 13.2 Å². The third-order valence-corrected chi connectivity index (χ3v) is 3.97. The summed E-state index contributed by atoms with van der Waals surface area (Å²) in [6, 6.07) is 1.62. The molecule has 8 nitrogen and oxygen atoms in total. The van der Waals surface area contributed by atoms with Gasteiger partial charge in [0.2, 0.25) is 0 Å². The van der Waals surface area contributed by atoms with Crippen LogP contribution in [0.5, 0.6) is 0 Å². The lowest BCUT2D eigenvalue weighted by Crippen LogP contribution is -2.34. The van der Waals surface area contributed by atoms with Crippen LogP contribution < -0.4 is 4.72 Å². The van der Waals surface area contributed by atoms with Gasteiger partial charge in [-0.05, 0) is 6.92 Å². The van der Waals surface area contributed by atoms with E-state index in [0.717, 1.165) is 4.31 Å². The van der Waals surface area contributed by atoms with Crippen LogP contribution in [0.4, 0.5) is 5.82 Å². The summed E-state index contributed by atoms with van der Waals surface area (Å²) in [6.07, 6.45) is -0.00166. The summed E-state index contributed by atoms with van der Waals surface area (Å²) in [6.45, 7) is 1.80. The summed E-state index contributed by atoms with van der Waals surface area (Å²) >= 11 is 0. The van der Waals surface area contributed by atoms with Crippen molar-refractivity contribution in [3.05, 3.63) is 11.8 Å². The zero-order valence-electron chi connectivity index (χ0n) is 11.4. The number of aromatic nitrogens is 2. The second-order valence-corrected chi connectivity index (χ2v) is 5.83. The van der Waals surface area contributed by atoms with Crippen LogP contribution in [0.25, 0.3) is 0 Å². The van der Waals surface area contributed by atoms with Gasteiger partial charge < -0.3 is 4.74 Å². The molecule has 1 aromatic rings. The summed E-state index contributed by atoms with van der Waals surface area (Å²) in [5.41, 5.74) is 0.706. The van der Waals surface area contributed by atoms with E-state index >= 15 is 0 Å². The molecule has 0 fully saturated rings. The van der Waals surface area contributed by atoms with Crippen molar-refractivity contribution >= 4 is 22.0 Å². The van der Waals surface area contributed by atoms with Crippen LogP contribution in [0, 0.1) is 6.92 Å².